The number of hydrogen-bond donors (Lipinski definition) is 5. The molecule has 5 N–H and O–H groups in total. The van der Waals surface area contributed by atoms with E-state index in [1.54, 1.807) is 25.8 Å². The van der Waals surface area contributed by atoms with E-state index >= 15 is 0 Å². The number of benzene rings is 4. The third-order valence-electron chi connectivity index (χ3n) is 26.1. The molecule has 4 aromatic carbocycles. The lowest BCUT2D eigenvalue weighted by atomic mass is 10.1. The number of carbonyl (C=O) groups is 8. The van der Waals surface area contributed by atoms with Crippen LogP contribution in [0.4, 0.5) is 62.5 Å². The lowest BCUT2D eigenvalue weighted by molar-refractivity contribution is -0.118. The summed E-state index contributed by atoms with van der Waals surface area (Å²) in [5.74, 6) is 1.45. The molecule has 133 heavy (non-hydrogen) atoms. The Labute approximate surface area is 781 Å². The Morgan fingerprint density at radius 2 is 0.654 bits per heavy atom. The Kier molecular flexibility index (Phi) is 24.6. The summed E-state index contributed by atoms with van der Waals surface area (Å²) in [5.41, 5.74) is 17.8. The average Bonchev–Trinajstić information content (AvgIpc) is 1.66. The molecule has 12 aromatic rings. The SMILES string of the molecule is CN1CCC(OC(=O)N2CCc3ncc(-c4ccc5nc(NC(=O)C6CC6)sc5c4)cc32)CC1.O=C(Nc1nc2ccc(-c3cnc4c(c3)N(C(=O)OC3CCNCC3)CC4)cc2s1)C1CC1.O=C(Nc1nc2ccc(-c3cnc4c(c3)N(C(=O)OC3CCS(=O)(=O)CC3)CC4)cc2s1)C1CC1.O=C(Nc1nc2ccc(-c3cnc4c(c3)N(C(=O)OCC3CC3)CC4)cc2s1)C1CC1. The molecule has 3 saturated heterocycles. The molecule has 8 amide bonds. The lowest BCUT2D eigenvalue weighted by Crippen LogP contribution is -2.39. The van der Waals surface area contributed by atoms with Gasteiger partial charge >= 0.3 is 24.4 Å². The van der Waals surface area contributed by atoms with Crippen molar-refractivity contribution in [2.75, 3.05) is 118 Å². The predicted octanol–water partition coefficient (Wildman–Crippen LogP) is 16.7. The zero-order valence-corrected chi connectivity index (χ0v) is 77.2. The first-order valence-corrected chi connectivity index (χ1v) is 51.1. The van der Waals surface area contributed by atoms with E-state index < -0.39 is 15.9 Å². The van der Waals surface area contributed by atoms with Crippen LogP contribution in [0.3, 0.4) is 0 Å². The molecule has 0 radical (unpaired) electrons. The summed E-state index contributed by atoms with van der Waals surface area (Å²) in [6.45, 7) is 6.44. The van der Waals surface area contributed by atoms with Crippen molar-refractivity contribution in [3.8, 4) is 44.5 Å². The number of pyridine rings is 4. The number of sulfone groups is 1. The second-order valence-corrected chi connectivity index (χ2v) is 42.6. The van der Waals surface area contributed by atoms with Crippen LogP contribution >= 0.6 is 45.3 Å². The number of rotatable bonds is 17. The minimum atomic E-state index is -3.02. The molecule has 686 valence electrons. The highest BCUT2D eigenvalue weighted by molar-refractivity contribution is 7.91. The van der Waals surface area contributed by atoms with E-state index in [-0.39, 0.29) is 95.4 Å². The van der Waals surface area contributed by atoms with Gasteiger partial charge in [0.2, 0.25) is 23.6 Å². The third-order valence-corrected chi connectivity index (χ3v) is 31.6. The fourth-order valence-electron chi connectivity index (χ4n) is 17.4. The summed E-state index contributed by atoms with van der Waals surface area (Å²) in [6, 6.07) is 32.0. The van der Waals surface area contributed by atoms with Gasteiger partial charge in [-0.2, -0.15) is 0 Å². The molecule has 0 spiro atoms. The van der Waals surface area contributed by atoms with Crippen LogP contribution in [0.15, 0.2) is 122 Å². The van der Waals surface area contributed by atoms with Gasteiger partial charge in [0.1, 0.15) is 18.3 Å². The highest BCUT2D eigenvalue weighted by Gasteiger charge is 2.39. The summed E-state index contributed by atoms with van der Waals surface area (Å²) in [6.07, 6.45) is 22.6. The smallest absolute Gasteiger partial charge is 0.414 e. The molecule has 24 rings (SSSR count). The number of carbonyl (C=O) groups excluding carboxylic acids is 8. The average molecular weight is 1890 g/mol. The van der Waals surface area contributed by atoms with Crippen LogP contribution < -0.4 is 46.2 Å². The summed E-state index contributed by atoms with van der Waals surface area (Å²) in [7, 11) is -0.922. The molecule has 32 nitrogen and oxygen atoms in total. The largest absolute Gasteiger partial charge is 0.449 e. The zero-order valence-electron chi connectivity index (χ0n) is 73.2. The number of aromatic nitrogens is 8. The molecule has 8 aromatic heterocycles. The van der Waals surface area contributed by atoms with Crippen molar-refractivity contribution in [2.24, 2.45) is 29.6 Å². The number of nitrogens with one attached hydrogen (secondary N) is 5. The molecule has 7 aliphatic heterocycles. The molecule has 0 bridgehead atoms. The quantitative estimate of drug-likeness (QED) is 0.0529. The van der Waals surface area contributed by atoms with Crippen molar-refractivity contribution in [3.05, 3.63) is 145 Å². The second kappa shape index (κ2) is 37.4. The highest BCUT2D eigenvalue weighted by atomic mass is 32.2. The first-order valence-electron chi connectivity index (χ1n) is 46.0. The first-order chi connectivity index (χ1) is 64.6. The van der Waals surface area contributed by atoms with E-state index in [0.717, 1.165) is 266 Å². The van der Waals surface area contributed by atoms with Gasteiger partial charge in [-0.3, -0.25) is 58.7 Å². The number of hydrogen-bond acceptors (Lipinski definition) is 28. The van der Waals surface area contributed by atoms with Crippen molar-refractivity contribution >= 4 is 187 Å². The number of anilines is 8. The Balaban J connectivity index is 0.000000107. The minimum absolute atomic E-state index is 0.0211. The Morgan fingerprint density at radius 3 is 0.955 bits per heavy atom. The van der Waals surface area contributed by atoms with Crippen molar-refractivity contribution in [3.63, 3.8) is 0 Å². The van der Waals surface area contributed by atoms with Gasteiger partial charge in [0.25, 0.3) is 0 Å². The van der Waals surface area contributed by atoms with Gasteiger partial charge in [-0.1, -0.05) is 69.6 Å². The standard InChI is InChI=1S/C25H27N5O3S.C24H25N5O3S.C24H24N4O5S2.C23H22N4O3S/c1-29-9-6-18(7-10-29)33-25(32)30-11-8-19-21(30)12-17(14-26-19)16-4-5-20-22(13-16)34-24(27-20)28-23(31)15-2-3-15;30-22(14-1-2-14)28-23-27-19-4-3-15(12-21(19)33-23)16-11-20-18(26-13-16)7-10-29(20)24(31)32-17-5-8-25-9-6-17;29-22(14-1-2-14)27-23-26-19-4-3-15(12-21(19)34-23)16-11-20-18(25-13-16)5-8-28(20)24(30)33-17-6-9-35(31,32)10-7-17;28-21(14-3-4-14)26-22-25-18-6-5-15(10-20(18)31-22)16-9-19-17(24-11-16)7-8-27(19)23(29)30-12-13-1-2-13/h4-5,12-15,18H,2-3,6-11H2,1H3,(H,27,28,31);3-4,11-14,17,25H,1-2,5-10H2,(H,27,28,30);3-4,11-14,17H,1-2,5-10H2,(H,26,27,29);5-6,9-11,13-14H,1-4,7-8,12H2,(H,25,26,28). The summed E-state index contributed by atoms with van der Waals surface area (Å²) >= 11 is 5.87. The lowest BCUT2D eigenvalue weighted by Gasteiger charge is -2.30. The van der Waals surface area contributed by atoms with Gasteiger partial charge in [0, 0.05) is 136 Å². The number of nitrogens with zero attached hydrogens (tertiary/aromatic N) is 13. The highest BCUT2D eigenvalue weighted by Crippen LogP contribution is 2.44. The molecule has 15 heterocycles. The normalized spacial score (nSPS) is 18.6. The maximum Gasteiger partial charge on any atom is 0.414 e. The molecule has 5 aliphatic carbocycles. The Morgan fingerprint density at radius 1 is 0.361 bits per heavy atom. The van der Waals surface area contributed by atoms with Crippen LogP contribution in [-0.2, 0) is 73.6 Å². The molecule has 0 unspecified atom stereocenters. The monoisotopic (exact) mass is 1890 g/mol. The van der Waals surface area contributed by atoms with Gasteiger partial charge in [-0.15, -0.1) is 0 Å². The summed E-state index contributed by atoms with van der Waals surface area (Å²) < 4.78 is 50.0. The van der Waals surface area contributed by atoms with Crippen molar-refractivity contribution in [1.82, 2.24) is 50.1 Å². The van der Waals surface area contributed by atoms with E-state index in [4.69, 9.17) is 18.9 Å². The van der Waals surface area contributed by atoms with Crippen LogP contribution in [-0.4, -0.2) is 197 Å². The van der Waals surface area contributed by atoms with E-state index in [9.17, 15) is 46.8 Å². The van der Waals surface area contributed by atoms with Crippen LogP contribution in [0, 0.1) is 29.6 Å². The summed E-state index contributed by atoms with van der Waals surface area (Å²) in [5, 5.41) is 17.5. The maximum absolute atomic E-state index is 12.9. The topological polar surface area (TPSA) is 387 Å². The fraction of sp³-hybridized carbons (Fsp3) is 0.417. The number of thiazole rings is 4. The zero-order chi connectivity index (χ0) is 90.7. The van der Waals surface area contributed by atoms with Gasteiger partial charge in [0.05, 0.1) is 105 Å². The molecular formula is C96H98N18O14S5. The van der Waals surface area contributed by atoms with Crippen LogP contribution in [0.25, 0.3) is 85.4 Å². The molecule has 37 heteroatoms. The molecule has 12 aliphatic rings. The number of ether oxygens (including phenoxy) is 4. The minimum Gasteiger partial charge on any atom is -0.449 e. The van der Waals surface area contributed by atoms with Crippen LogP contribution in [0.2, 0.25) is 0 Å². The van der Waals surface area contributed by atoms with E-state index in [1.807, 2.05) is 97.5 Å². The molecule has 8 fully saturated rings. The Hall–Kier alpha value is -12.1. The van der Waals surface area contributed by atoms with E-state index in [0.29, 0.717) is 78.5 Å². The number of fused-ring (bicyclic) bond motifs is 8. The van der Waals surface area contributed by atoms with Crippen molar-refractivity contribution < 1.29 is 65.7 Å². The Bertz CT molecular complexity index is 6710. The van der Waals surface area contributed by atoms with Crippen LogP contribution in [0.5, 0.6) is 0 Å². The molecule has 0 atom stereocenters. The summed E-state index contributed by atoms with van der Waals surface area (Å²) in [4.78, 5) is 145. The number of piperidine rings is 2. The van der Waals surface area contributed by atoms with Crippen LogP contribution in [0.1, 0.15) is 126 Å². The van der Waals surface area contributed by atoms with Crippen molar-refractivity contribution in [2.45, 2.75) is 147 Å². The van der Waals surface area contributed by atoms with Gasteiger partial charge in [-0.05, 0) is 224 Å². The van der Waals surface area contributed by atoms with Crippen molar-refractivity contribution in [1.29, 1.82) is 0 Å². The predicted molar refractivity (Wildman–Crippen MR) is 513 cm³/mol. The number of amides is 8. The number of likely N-dealkylation sites (tertiary alicyclic amines) is 1. The third kappa shape index (κ3) is 20.4. The van der Waals surface area contributed by atoms with Gasteiger partial charge in [-0.25, -0.2) is 47.5 Å². The fourth-order valence-corrected chi connectivity index (χ4v) is 22.5. The van der Waals surface area contributed by atoms with E-state index in [1.165, 1.54) is 45.3 Å². The molecular weight excluding hydrogens is 1790 g/mol. The van der Waals surface area contributed by atoms with E-state index in [2.05, 4.69) is 96.6 Å². The van der Waals surface area contributed by atoms with Gasteiger partial charge in [0.15, 0.2) is 30.4 Å². The second-order valence-electron chi connectivity index (χ2n) is 36.2. The van der Waals surface area contributed by atoms with Gasteiger partial charge < -0.3 is 50.4 Å². The molecule has 5 saturated carbocycles. The first kappa shape index (κ1) is 87.5. The maximum atomic E-state index is 12.9.